The lowest BCUT2D eigenvalue weighted by molar-refractivity contribution is -0.141. The fourth-order valence-corrected chi connectivity index (χ4v) is 3.47. The van der Waals surface area contributed by atoms with Gasteiger partial charge in [0.05, 0.1) is 0 Å². The number of carboxylic acids is 1. The molecule has 0 aliphatic carbocycles. The second-order valence-corrected chi connectivity index (χ2v) is 8.78. The number of phenolic OH excluding ortho intramolecular Hbond substituents is 2. The van der Waals surface area contributed by atoms with Crippen molar-refractivity contribution in [2.24, 2.45) is 0 Å². The van der Waals surface area contributed by atoms with Gasteiger partial charge in [-0.1, -0.05) is 73.8 Å². The summed E-state index contributed by atoms with van der Waals surface area (Å²) in [6, 6.07) is 2.98. The molecule has 1 rings (SSSR count). The van der Waals surface area contributed by atoms with Gasteiger partial charge in [-0.25, -0.2) is 4.79 Å². The van der Waals surface area contributed by atoms with E-state index in [9.17, 15) is 24.9 Å². The Balaban J connectivity index is 2.14. The quantitative estimate of drug-likeness (QED) is 0.0921. The number of carbonyl (C=O) groups excluding carboxylic acids is 1. The van der Waals surface area contributed by atoms with Gasteiger partial charge in [0.15, 0.2) is 11.5 Å². The van der Waals surface area contributed by atoms with Gasteiger partial charge in [-0.05, 0) is 75.5 Å². The maximum absolute atomic E-state index is 12.1. The van der Waals surface area contributed by atoms with Crippen molar-refractivity contribution in [2.45, 2.75) is 83.6 Å². The highest BCUT2D eigenvalue weighted by Gasteiger charge is 2.20. The number of unbranched alkanes of at least 4 members (excludes halogenated alkanes) is 3. The number of hydrogen-bond donors (Lipinski definition) is 4. The van der Waals surface area contributed by atoms with E-state index in [2.05, 4.69) is 60.8 Å². The number of amides is 1. The number of hydrogen-bond acceptors (Lipinski definition) is 4. The summed E-state index contributed by atoms with van der Waals surface area (Å²) in [5.74, 6) is -2.11. The number of benzene rings is 1. The molecule has 0 saturated heterocycles. The molecule has 202 valence electrons. The van der Waals surface area contributed by atoms with E-state index >= 15 is 0 Å². The van der Waals surface area contributed by atoms with Gasteiger partial charge in [0, 0.05) is 12.8 Å². The highest BCUT2D eigenvalue weighted by molar-refractivity contribution is 5.83. The molecule has 0 radical (unpaired) electrons. The molecule has 6 nitrogen and oxygen atoms in total. The standard InChI is InChI=1S/C31H43NO5/c1-2-3-4-5-6-7-8-9-10-11-12-13-14-15-16-17-18-19-20-21-30(35)32-27(31(36)37)24-26-22-23-28(33)29(34)25-26/h3-4,9-10,12-13,15-16,18-19,22-23,25,27,33-34H,2,5-8,11,14,17,20-21,24H2,1H3,(H,32,35)(H,36,37)/b4-3-,10-9-,13-12-,16-15-,19-18-/t27-/m0/s1. The van der Waals surface area contributed by atoms with E-state index in [1.54, 1.807) is 0 Å². The Morgan fingerprint density at radius 3 is 1.86 bits per heavy atom. The number of allylic oxidation sites excluding steroid dienone is 10. The van der Waals surface area contributed by atoms with Crippen LogP contribution in [0.5, 0.6) is 11.5 Å². The summed E-state index contributed by atoms with van der Waals surface area (Å²) in [6.45, 7) is 2.16. The lowest BCUT2D eigenvalue weighted by Gasteiger charge is -2.14. The molecular formula is C31H43NO5. The topological polar surface area (TPSA) is 107 Å². The first-order chi connectivity index (χ1) is 17.9. The second-order valence-electron chi connectivity index (χ2n) is 8.78. The minimum absolute atomic E-state index is 0.0114. The first-order valence-electron chi connectivity index (χ1n) is 13.2. The third kappa shape index (κ3) is 16.7. The third-order valence-electron chi connectivity index (χ3n) is 5.53. The molecule has 0 aliphatic rings. The van der Waals surface area contributed by atoms with Gasteiger partial charge in [0.25, 0.3) is 0 Å². The minimum atomic E-state index is -1.15. The van der Waals surface area contributed by atoms with Gasteiger partial charge in [-0.3, -0.25) is 4.79 Å². The Kier molecular flexibility index (Phi) is 17.6. The van der Waals surface area contributed by atoms with Crippen LogP contribution in [-0.2, 0) is 16.0 Å². The highest BCUT2D eigenvalue weighted by Crippen LogP contribution is 2.25. The van der Waals surface area contributed by atoms with Crippen molar-refractivity contribution in [3.8, 4) is 11.5 Å². The number of rotatable bonds is 19. The van der Waals surface area contributed by atoms with Crippen LogP contribution in [0.1, 0.15) is 76.7 Å². The van der Waals surface area contributed by atoms with Crippen molar-refractivity contribution in [3.63, 3.8) is 0 Å². The SMILES string of the molecule is CC/C=C\CCCC/C=C\C/C=C\C/C=C\C/C=C\CCC(=O)N[C@@H](Cc1ccc(O)c(O)c1)C(=O)O. The van der Waals surface area contributed by atoms with Gasteiger partial charge < -0.3 is 20.6 Å². The lowest BCUT2D eigenvalue weighted by Crippen LogP contribution is -2.42. The summed E-state index contributed by atoms with van der Waals surface area (Å²) in [7, 11) is 0. The molecule has 0 aromatic heterocycles. The van der Waals surface area contributed by atoms with E-state index in [1.165, 1.54) is 37.5 Å². The van der Waals surface area contributed by atoms with E-state index in [0.29, 0.717) is 12.0 Å². The zero-order chi connectivity index (χ0) is 27.1. The van der Waals surface area contributed by atoms with Gasteiger partial charge >= 0.3 is 5.97 Å². The number of aliphatic carboxylic acids is 1. The van der Waals surface area contributed by atoms with Gasteiger partial charge in [-0.15, -0.1) is 0 Å². The molecule has 1 aromatic carbocycles. The van der Waals surface area contributed by atoms with Crippen LogP contribution in [0, 0.1) is 0 Å². The van der Waals surface area contributed by atoms with E-state index in [-0.39, 0.29) is 30.2 Å². The minimum Gasteiger partial charge on any atom is -0.504 e. The average Bonchev–Trinajstić information content (AvgIpc) is 2.87. The first-order valence-corrected chi connectivity index (χ1v) is 13.2. The van der Waals surface area contributed by atoms with Gasteiger partial charge in [0.2, 0.25) is 5.91 Å². The highest BCUT2D eigenvalue weighted by atomic mass is 16.4. The predicted molar refractivity (Wildman–Crippen MR) is 151 cm³/mol. The summed E-state index contributed by atoms with van der Waals surface area (Å²) < 4.78 is 0. The zero-order valence-corrected chi connectivity index (χ0v) is 22.0. The molecule has 0 unspecified atom stereocenters. The smallest absolute Gasteiger partial charge is 0.326 e. The summed E-state index contributed by atoms with van der Waals surface area (Å²) in [5, 5.41) is 30.8. The van der Waals surface area contributed by atoms with Crippen LogP contribution in [0.3, 0.4) is 0 Å². The Bertz CT molecular complexity index is 943. The van der Waals surface area contributed by atoms with Crippen LogP contribution in [-0.4, -0.2) is 33.2 Å². The van der Waals surface area contributed by atoms with Crippen molar-refractivity contribution >= 4 is 11.9 Å². The Morgan fingerprint density at radius 1 is 0.784 bits per heavy atom. The Labute approximate surface area is 221 Å². The average molecular weight is 510 g/mol. The maximum Gasteiger partial charge on any atom is 0.326 e. The second kappa shape index (κ2) is 20.6. The molecule has 0 fully saturated rings. The zero-order valence-electron chi connectivity index (χ0n) is 22.0. The molecule has 0 saturated carbocycles. The van der Waals surface area contributed by atoms with E-state index < -0.39 is 12.0 Å². The summed E-state index contributed by atoms with van der Waals surface area (Å²) >= 11 is 0. The molecule has 0 heterocycles. The largest absolute Gasteiger partial charge is 0.504 e. The van der Waals surface area contributed by atoms with Crippen LogP contribution >= 0.6 is 0 Å². The predicted octanol–water partition coefficient (Wildman–Crippen LogP) is 6.91. The van der Waals surface area contributed by atoms with Gasteiger partial charge in [0.1, 0.15) is 6.04 Å². The molecule has 1 atom stereocenters. The number of carbonyl (C=O) groups is 2. The summed E-state index contributed by atoms with van der Waals surface area (Å²) in [6.07, 6.45) is 30.7. The summed E-state index contributed by atoms with van der Waals surface area (Å²) in [5.41, 5.74) is 0.502. The van der Waals surface area contributed by atoms with Crippen LogP contribution < -0.4 is 5.32 Å². The van der Waals surface area contributed by atoms with Crippen LogP contribution in [0.25, 0.3) is 0 Å². The Hall–Kier alpha value is -3.54. The number of carboxylic acid groups (broad SMARTS) is 1. The molecule has 1 aromatic rings. The molecule has 1 amide bonds. The molecule has 4 N–H and O–H groups in total. The van der Waals surface area contributed by atoms with Gasteiger partial charge in [-0.2, -0.15) is 0 Å². The Morgan fingerprint density at radius 2 is 1.32 bits per heavy atom. The number of nitrogens with one attached hydrogen (secondary N) is 1. The van der Waals surface area contributed by atoms with Crippen molar-refractivity contribution in [1.82, 2.24) is 5.32 Å². The first kappa shape index (κ1) is 31.5. The van der Waals surface area contributed by atoms with Crippen LogP contribution in [0.15, 0.2) is 79.0 Å². The van der Waals surface area contributed by atoms with Crippen molar-refractivity contribution in [3.05, 3.63) is 84.5 Å². The molecular weight excluding hydrogens is 466 g/mol. The molecule has 0 spiro atoms. The normalized spacial score (nSPS) is 13.0. The summed E-state index contributed by atoms with van der Waals surface area (Å²) in [4.78, 5) is 23.6. The van der Waals surface area contributed by atoms with E-state index in [1.807, 2.05) is 12.2 Å². The van der Waals surface area contributed by atoms with Crippen LogP contribution in [0.4, 0.5) is 0 Å². The fraction of sp³-hybridized carbons (Fsp3) is 0.419. The van der Waals surface area contributed by atoms with Crippen molar-refractivity contribution in [1.29, 1.82) is 0 Å². The maximum atomic E-state index is 12.1. The van der Waals surface area contributed by atoms with E-state index in [0.717, 1.165) is 32.1 Å². The molecule has 0 bridgehead atoms. The monoisotopic (exact) mass is 509 g/mol. The number of phenols is 2. The van der Waals surface area contributed by atoms with Crippen LogP contribution in [0.2, 0.25) is 0 Å². The van der Waals surface area contributed by atoms with Crippen molar-refractivity contribution in [2.75, 3.05) is 0 Å². The number of aromatic hydroxyl groups is 2. The fourth-order valence-electron chi connectivity index (χ4n) is 3.47. The lowest BCUT2D eigenvalue weighted by atomic mass is 10.0. The molecule has 0 aliphatic heterocycles. The van der Waals surface area contributed by atoms with Crippen molar-refractivity contribution < 1.29 is 24.9 Å². The molecule has 6 heteroatoms. The third-order valence-corrected chi connectivity index (χ3v) is 5.53. The molecule has 37 heavy (non-hydrogen) atoms. The van der Waals surface area contributed by atoms with E-state index in [4.69, 9.17) is 0 Å².